The topological polar surface area (TPSA) is 72.5 Å². The van der Waals surface area contributed by atoms with Gasteiger partial charge in [0.1, 0.15) is 0 Å². The molecule has 3 rings (SSSR count). The van der Waals surface area contributed by atoms with E-state index in [1.54, 1.807) is 7.05 Å². The molecule has 152 valence electrons. The van der Waals surface area contributed by atoms with E-state index in [1.807, 2.05) is 0 Å². The summed E-state index contributed by atoms with van der Waals surface area (Å²) in [5.41, 5.74) is 3.84. The molecule has 0 spiro atoms. The van der Waals surface area contributed by atoms with Crippen LogP contribution in [0.2, 0.25) is 0 Å². The second kappa shape index (κ2) is 9.62. The van der Waals surface area contributed by atoms with Gasteiger partial charge in [-0.1, -0.05) is 12.1 Å². The summed E-state index contributed by atoms with van der Waals surface area (Å²) in [6, 6.07) is 6.38. The largest absolute Gasteiger partial charge is 0.361 e. The van der Waals surface area contributed by atoms with E-state index < -0.39 is 0 Å². The van der Waals surface area contributed by atoms with Crippen molar-refractivity contribution < 1.29 is 4.79 Å². The second-order valence-corrected chi connectivity index (χ2v) is 7.60. The minimum Gasteiger partial charge on any atom is -0.361 e. The summed E-state index contributed by atoms with van der Waals surface area (Å²) in [6.45, 7) is 7.82. The number of nitrogens with zero attached hydrogens (tertiary/aromatic N) is 2. The number of aromatic amines is 1. The van der Waals surface area contributed by atoms with E-state index in [-0.39, 0.29) is 5.91 Å². The number of guanidine groups is 1. The van der Waals surface area contributed by atoms with Crippen molar-refractivity contribution in [3.63, 3.8) is 0 Å². The maximum Gasteiger partial charge on any atom is 0.220 e. The number of aliphatic imine (C=N–C) groups is 1. The quantitative estimate of drug-likeness (QED) is 0.531. The molecule has 1 aromatic carbocycles. The Hall–Kier alpha value is -2.50. The third-order valence-corrected chi connectivity index (χ3v) is 5.64. The third-order valence-electron chi connectivity index (χ3n) is 5.64. The number of nitrogens with one attached hydrogen (secondary N) is 3. The van der Waals surface area contributed by atoms with Crippen molar-refractivity contribution in [2.45, 2.75) is 39.5 Å². The summed E-state index contributed by atoms with van der Waals surface area (Å²) in [5, 5.41) is 7.50. The van der Waals surface area contributed by atoms with Crippen LogP contribution in [0.5, 0.6) is 0 Å². The van der Waals surface area contributed by atoms with Gasteiger partial charge in [0.15, 0.2) is 5.96 Å². The molecule has 0 radical (unpaired) electrons. The lowest BCUT2D eigenvalue weighted by Gasteiger charge is -2.34. The highest BCUT2D eigenvalue weighted by Crippen LogP contribution is 2.23. The van der Waals surface area contributed by atoms with Gasteiger partial charge in [-0.3, -0.25) is 9.79 Å². The molecular formula is C22H33N5O. The number of rotatable bonds is 6. The number of likely N-dealkylation sites (tertiary alicyclic amines) is 1. The molecule has 6 heteroatoms. The smallest absolute Gasteiger partial charge is 0.220 e. The Morgan fingerprint density at radius 3 is 2.82 bits per heavy atom. The number of carbonyl (C=O) groups excluding carboxylic acids is 1. The fourth-order valence-corrected chi connectivity index (χ4v) is 4.07. The predicted molar refractivity (Wildman–Crippen MR) is 116 cm³/mol. The monoisotopic (exact) mass is 383 g/mol. The number of hydrogen-bond acceptors (Lipinski definition) is 2. The maximum absolute atomic E-state index is 11.6. The van der Waals surface area contributed by atoms with Crippen molar-refractivity contribution in [1.29, 1.82) is 0 Å². The van der Waals surface area contributed by atoms with E-state index in [2.05, 4.69) is 58.8 Å². The fraction of sp³-hybridized carbons (Fsp3) is 0.545. The number of fused-ring (bicyclic) bond motifs is 1. The minimum absolute atomic E-state index is 0.146. The number of H-pyrrole nitrogens is 1. The van der Waals surface area contributed by atoms with Crippen LogP contribution in [0, 0.1) is 12.8 Å². The fourth-order valence-electron chi connectivity index (χ4n) is 4.07. The number of carbonyl (C=O) groups is 1. The Balaban J connectivity index is 1.59. The molecule has 2 aromatic rings. The molecule has 1 aromatic heterocycles. The van der Waals surface area contributed by atoms with Gasteiger partial charge in [-0.15, -0.1) is 0 Å². The zero-order valence-electron chi connectivity index (χ0n) is 17.3. The Morgan fingerprint density at radius 2 is 2.11 bits per heavy atom. The predicted octanol–water partition coefficient (Wildman–Crippen LogP) is 2.83. The summed E-state index contributed by atoms with van der Waals surface area (Å²) in [7, 11) is 1.71. The first-order valence-corrected chi connectivity index (χ1v) is 10.4. The highest BCUT2D eigenvalue weighted by Gasteiger charge is 2.23. The van der Waals surface area contributed by atoms with Gasteiger partial charge in [0.25, 0.3) is 0 Å². The van der Waals surface area contributed by atoms with Crippen LogP contribution in [0.3, 0.4) is 0 Å². The van der Waals surface area contributed by atoms with Crippen molar-refractivity contribution in [3.05, 3.63) is 35.5 Å². The highest BCUT2D eigenvalue weighted by atomic mass is 16.1. The van der Waals surface area contributed by atoms with Crippen molar-refractivity contribution >= 4 is 22.8 Å². The number of amides is 1. The second-order valence-electron chi connectivity index (χ2n) is 7.60. The zero-order chi connectivity index (χ0) is 19.9. The van der Waals surface area contributed by atoms with Crippen molar-refractivity contribution in [2.75, 3.05) is 33.2 Å². The van der Waals surface area contributed by atoms with Crippen LogP contribution < -0.4 is 10.6 Å². The van der Waals surface area contributed by atoms with Gasteiger partial charge in [-0.05, 0) is 56.2 Å². The van der Waals surface area contributed by atoms with E-state index in [9.17, 15) is 4.79 Å². The Bertz CT molecular complexity index is 817. The molecule has 28 heavy (non-hydrogen) atoms. The first-order valence-electron chi connectivity index (χ1n) is 10.4. The van der Waals surface area contributed by atoms with Gasteiger partial charge in [0, 0.05) is 56.7 Å². The SMILES string of the molecule is CCNC(=NCCc1c[nH]c2cccc(C)c12)N1CCC(CC(=O)NC)CC1. The molecule has 0 atom stereocenters. The number of piperidine rings is 1. The van der Waals surface area contributed by atoms with Gasteiger partial charge in [0.05, 0.1) is 0 Å². The molecule has 0 bridgehead atoms. The molecule has 1 aliphatic heterocycles. The van der Waals surface area contributed by atoms with Crippen LogP contribution in [0.15, 0.2) is 29.4 Å². The zero-order valence-corrected chi connectivity index (χ0v) is 17.3. The van der Waals surface area contributed by atoms with Gasteiger partial charge < -0.3 is 20.5 Å². The molecule has 6 nitrogen and oxygen atoms in total. The van der Waals surface area contributed by atoms with Crippen LogP contribution in [0.4, 0.5) is 0 Å². The van der Waals surface area contributed by atoms with Crippen molar-refractivity contribution in [1.82, 2.24) is 20.5 Å². The average molecular weight is 384 g/mol. The van der Waals surface area contributed by atoms with Crippen LogP contribution >= 0.6 is 0 Å². The van der Waals surface area contributed by atoms with E-state index in [4.69, 9.17) is 4.99 Å². The Morgan fingerprint density at radius 1 is 1.32 bits per heavy atom. The van der Waals surface area contributed by atoms with Crippen molar-refractivity contribution in [2.24, 2.45) is 10.9 Å². The third kappa shape index (κ3) is 4.86. The average Bonchev–Trinajstić information content (AvgIpc) is 3.12. The summed E-state index contributed by atoms with van der Waals surface area (Å²) in [6.07, 6.45) is 5.76. The first kappa shape index (κ1) is 20.2. The van der Waals surface area contributed by atoms with Gasteiger partial charge in [-0.2, -0.15) is 0 Å². The lowest BCUT2D eigenvalue weighted by Crippen LogP contribution is -2.46. The lowest BCUT2D eigenvalue weighted by atomic mass is 9.93. The summed E-state index contributed by atoms with van der Waals surface area (Å²) < 4.78 is 0. The lowest BCUT2D eigenvalue weighted by molar-refractivity contribution is -0.121. The Kier molecular flexibility index (Phi) is 6.95. The van der Waals surface area contributed by atoms with E-state index in [0.29, 0.717) is 12.3 Å². The van der Waals surface area contributed by atoms with Gasteiger partial charge in [-0.25, -0.2) is 0 Å². The number of hydrogen-bond donors (Lipinski definition) is 3. The van der Waals surface area contributed by atoms with Crippen LogP contribution in [-0.2, 0) is 11.2 Å². The number of aromatic nitrogens is 1. The minimum atomic E-state index is 0.146. The van der Waals surface area contributed by atoms with Gasteiger partial charge in [0.2, 0.25) is 5.91 Å². The molecule has 0 saturated carbocycles. The van der Waals surface area contributed by atoms with Crippen molar-refractivity contribution in [3.8, 4) is 0 Å². The van der Waals surface area contributed by atoms with E-state index in [1.165, 1.54) is 22.0 Å². The first-order chi connectivity index (χ1) is 13.6. The Labute approximate surface area is 167 Å². The summed E-state index contributed by atoms with van der Waals surface area (Å²) in [5.74, 6) is 1.62. The molecule has 1 amide bonds. The molecule has 1 aliphatic rings. The molecule has 3 N–H and O–H groups in total. The number of benzene rings is 1. The molecule has 0 unspecified atom stereocenters. The van der Waals surface area contributed by atoms with E-state index >= 15 is 0 Å². The summed E-state index contributed by atoms with van der Waals surface area (Å²) >= 11 is 0. The standard InChI is InChI=1S/C22H33N5O/c1-4-24-22(27-12-9-17(10-13-27)14-20(28)23-3)25-11-8-18-15-26-19-7-5-6-16(2)21(18)19/h5-7,15,17,26H,4,8-14H2,1-3H3,(H,23,28)(H,24,25). The van der Waals surface area contributed by atoms with Crippen LogP contribution in [0.25, 0.3) is 10.9 Å². The highest BCUT2D eigenvalue weighted by molar-refractivity contribution is 5.86. The molecule has 1 saturated heterocycles. The molecular weight excluding hydrogens is 350 g/mol. The molecule has 0 aliphatic carbocycles. The molecule has 1 fully saturated rings. The van der Waals surface area contributed by atoms with Crippen LogP contribution in [-0.4, -0.2) is 55.0 Å². The maximum atomic E-state index is 11.6. The molecule has 2 heterocycles. The van der Waals surface area contributed by atoms with E-state index in [0.717, 1.165) is 51.4 Å². The van der Waals surface area contributed by atoms with Crippen LogP contribution in [0.1, 0.15) is 37.3 Å². The summed E-state index contributed by atoms with van der Waals surface area (Å²) in [4.78, 5) is 22.2. The normalized spacial score (nSPS) is 15.8. The number of aryl methyl sites for hydroxylation is 1. The van der Waals surface area contributed by atoms with Gasteiger partial charge >= 0.3 is 0 Å².